The summed E-state index contributed by atoms with van der Waals surface area (Å²) in [6.45, 7) is 6.56. The van der Waals surface area contributed by atoms with Crippen molar-refractivity contribution < 1.29 is 0 Å². The van der Waals surface area contributed by atoms with Crippen LogP contribution in [0.4, 0.5) is 0 Å². The maximum atomic E-state index is 2.38. The summed E-state index contributed by atoms with van der Waals surface area (Å²) in [5.41, 5.74) is 17.4. The lowest BCUT2D eigenvalue weighted by Gasteiger charge is -2.14. The molecule has 0 nitrogen and oxygen atoms in total. The fourth-order valence-electron chi connectivity index (χ4n) is 5.41. The van der Waals surface area contributed by atoms with Gasteiger partial charge in [-0.05, 0) is 100 Å². The zero-order valence-electron chi connectivity index (χ0n) is 20.0. The summed E-state index contributed by atoms with van der Waals surface area (Å²) in [4.78, 5) is 0. The highest BCUT2D eigenvalue weighted by molar-refractivity contribution is 5.88. The fourth-order valence-corrected chi connectivity index (χ4v) is 5.41. The van der Waals surface area contributed by atoms with Gasteiger partial charge in [0, 0.05) is 0 Å². The van der Waals surface area contributed by atoms with Gasteiger partial charge in [0.1, 0.15) is 0 Å². The van der Waals surface area contributed by atoms with E-state index < -0.39 is 0 Å². The second kappa shape index (κ2) is 8.15. The number of hydrogen-bond acceptors (Lipinski definition) is 0. The molecule has 0 unspecified atom stereocenters. The Morgan fingerprint density at radius 3 is 1.91 bits per heavy atom. The highest BCUT2D eigenvalue weighted by atomic mass is 14.3. The van der Waals surface area contributed by atoms with Gasteiger partial charge in [-0.1, -0.05) is 103 Å². The second-order valence-corrected chi connectivity index (χ2v) is 9.59. The topological polar surface area (TPSA) is 0 Å². The van der Waals surface area contributed by atoms with E-state index >= 15 is 0 Å². The zero-order chi connectivity index (χ0) is 23.2. The van der Waals surface area contributed by atoms with Crippen molar-refractivity contribution in [2.45, 2.75) is 27.2 Å². The van der Waals surface area contributed by atoms with Crippen LogP contribution in [-0.2, 0) is 6.42 Å². The molecular formula is C34H28. The van der Waals surface area contributed by atoms with Gasteiger partial charge in [0.25, 0.3) is 0 Å². The summed E-state index contributed by atoms with van der Waals surface area (Å²) < 4.78 is 0. The molecule has 0 fully saturated rings. The summed E-state index contributed by atoms with van der Waals surface area (Å²) in [5, 5.41) is 0. The van der Waals surface area contributed by atoms with Crippen molar-refractivity contribution >= 4 is 0 Å². The highest BCUT2D eigenvalue weighted by Crippen LogP contribution is 2.43. The van der Waals surface area contributed by atoms with E-state index in [-0.39, 0.29) is 0 Å². The maximum Gasteiger partial charge on any atom is -0.000728 e. The van der Waals surface area contributed by atoms with Crippen LogP contribution in [0.2, 0.25) is 0 Å². The van der Waals surface area contributed by atoms with Crippen molar-refractivity contribution in [3.05, 3.63) is 131 Å². The Morgan fingerprint density at radius 2 is 1.12 bits per heavy atom. The van der Waals surface area contributed by atoms with Crippen LogP contribution in [0.15, 0.2) is 103 Å². The van der Waals surface area contributed by atoms with Gasteiger partial charge in [0.15, 0.2) is 0 Å². The van der Waals surface area contributed by atoms with Crippen LogP contribution in [0, 0.1) is 20.8 Å². The standard InChI is InChI=1S/C34H28/c1-22-11-13-25(14-12-22)26-15-16-28-21-34-31(9-6-10-32(34)33(28)20-26)27-17-18-30(24(3)19-27)29-8-5-4-7-23(29)2/h4-20H,21H2,1-3H3. The van der Waals surface area contributed by atoms with Gasteiger partial charge in [-0.15, -0.1) is 0 Å². The summed E-state index contributed by atoms with van der Waals surface area (Å²) in [5.74, 6) is 0. The normalized spacial score (nSPS) is 11.9. The Balaban J connectivity index is 1.41. The fraction of sp³-hybridized carbons (Fsp3) is 0.118. The highest BCUT2D eigenvalue weighted by Gasteiger charge is 2.22. The largest absolute Gasteiger partial charge is 0.0620 e. The molecule has 164 valence electrons. The monoisotopic (exact) mass is 436 g/mol. The van der Waals surface area contributed by atoms with Crippen molar-refractivity contribution in [3.63, 3.8) is 0 Å². The average Bonchev–Trinajstić information content (AvgIpc) is 3.23. The van der Waals surface area contributed by atoms with E-state index in [4.69, 9.17) is 0 Å². The molecule has 6 rings (SSSR count). The summed E-state index contributed by atoms with van der Waals surface area (Å²) in [6, 6.07) is 38.2. The molecule has 0 N–H and O–H groups in total. The van der Waals surface area contributed by atoms with E-state index in [0.29, 0.717) is 0 Å². The molecule has 5 aromatic rings. The molecule has 0 heteroatoms. The molecular weight excluding hydrogens is 408 g/mol. The molecule has 1 aliphatic rings. The molecule has 0 radical (unpaired) electrons. The van der Waals surface area contributed by atoms with Gasteiger partial charge in [-0.25, -0.2) is 0 Å². The van der Waals surface area contributed by atoms with Gasteiger partial charge < -0.3 is 0 Å². The SMILES string of the molecule is Cc1ccc(-c2ccc3c(c2)-c2cccc(-c4ccc(-c5ccccc5C)c(C)c4)c2C3)cc1. The van der Waals surface area contributed by atoms with Gasteiger partial charge in [0.2, 0.25) is 0 Å². The van der Waals surface area contributed by atoms with Crippen LogP contribution >= 0.6 is 0 Å². The minimum Gasteiger partial charge on any atom is -0.0620 e. The summed E-state index contributed by atoms with van der Waals surface area (Å²) in [7, 11) is 0. The number of fused-ring (bicyclic) bond motifs is 3. The van der Waals surface area contributed by atoms with Crippen LogP contribution in [0.1, 0.15) is 27.8 Å². The molecule has 1 aliphatic carbocycles. The van der Waals surface area contributed by atoms with E-state index in [2.05, 4.69) is 124 Å². The van der Waals surface area contributed by atoms with Gasteiger partial charge >= 0.3 is 0 Å². The third kappa shape index (κ3) is 3.47. The number of aryl methyl sites for hydroxylation is 3. The van der Waals surface area contributed by atoms with Crippen molar-refractivity contribution in [2.75, 3.05) is 0 Å². The van der Waals surface area contributed by atoms with E-state index in [1.807, 2.05) is 0 Å². The van der Waals surface area contributed by atoms with E-state index in [1.165, 1.54) is 72.3 Å². The average molecular weight is 437 g/mol. The predicted octanol–water partition coefficient (Wildman–Crippen LogP) is 9.18. The van der Waals surface area contributed by atoms with Crippen molar-refractivity contribution in [1.29, 1.82) is 0 Å². The molecule has 0 saturated heterocycles. The third-order valence-corrected chi connectivity index (χ3v) is 7.30. The van der Waals surface area contributed by atoms with Crippen molar-refractivity contribution in [3.8, 4) is 44.5 Å². The van der Waals surface area contributed by atoms with Crippen LogP contribution < -0.4 is 0 Å². The quantitative estimate of drug-likeness (QED) is 0.259. The first-order chi connectivity index (χ1) is 16.6. The van der Waals surface area contributed by atoms with Crippen LogP contribution in [-0.4, -0.2) is 0 Å². The van der Waals surface area contributed by atoms with Crippen LogP contribution in [0.25, 0.3) is 44.5 Å². The maximum absolute atomic E-state index is 2.38. The Hall–Kier alpha value is -3.90. The lowest BCUT2D eigenvalue weighted by Crippen LogP contribution is -1.91. The van der Waals surface area contributed by atoms with Crippen LogP contribution in [0.5, 0.6) is 0 Å². The molecule has 0 saturated carbocycles. The number of rotatable bonds is 3. The first kappa shape index (κ1) is 20.7. The number of benzene rings is 5. The molecule has 0 aliphatic heterocycles. The second-order valence-electron chi connectivity index (χ2n) is 9.59. The first-order valence-corrected chi connectivity index (χ1v) is 12.1. The smallest absolute Gasteiger partial charge is 0.000728 e. The lowest BCUT2D eigenvalue weighted by molar-refractivity contribution is 1.26. The Bertz CT molecular complexity index is 1530. The lowest BCUT2D eigenvalue weighted by atomic mass is 9.91. The van der Waals surface area contributed by atoms with E-state index in [0.717, 1.165) is 6.42 Å². The molecule has 0 spiro atoms. The molecule has 0 aromatic heterocycles. The molecule has 5 aromatic carbocycles. The molecule has 0 amide bonds. The molecule has 0 bridgehead atoms. The van der Waals surface area contributed by atoms with Crippen molar-refractivity contribution in [1.82, 2.24) is 0 Å². The minimum atomic E-state index is 0.994. The van der Waals surface area contributed by atoms with E-state index in [9.17, 15) is 0 Å². The van der Waals surface area contributed by atoms with Crippen molar-refractivity contribution in [2.24, 2.45) is 0 Å². The van der Waals surface area contributed by atoms with Gasteiger partial charge in [-0.3, -0.25) is 0 Å². The first-order valence-electron chi connectivity index (χ1n) is 12.1. The zero-order valence-corrected chi connectivity index (χ0v) is 20.0. The Kier molecular flexibility index (Phi) is 4.96. The van der Waals surface area contributed by atoms with E-state index in [1.54, 1.807) is 0 Å². The van der Waals surface area contributed by atoms with Gasteiger partial charge in [0.05, 0.1) is 0 Å². The molecule has 0 atom stereocenters. The molecule has 0 heterocycles. The summed E-state index contributed by atoms with van der Waals surface area (Å²) >= 11 is 0. The predicted molar refractivity (Wildman–Crippen MR) is 145 cm³/mol. The Labute approximate surface area is 202 Å². The minimum absolute atomic E-state index is 0.994. The third-order valence-electron chi connectivity index (χ3n) is 7.30. The van der Waals surface area contributed by atoms with Crippen LogP contribution in [0.3, 0.4) is 0 Å². The van der Waals surface area contributed by atoms with Gasteiger partial charge in [-0.2, -0.15) is 0 Å². The number of hydrogen-bond donors (Lipinski definition) is 0. The molecule has 34 heavy (non-hydrogen) atoms. The Morgan fingerprint density at radius 1 is 0.441 bits per heavy atom. The summed E-state index contributed by atoms with van der Waals surface area (Å²) in [6.07, 6.45) is 0.994.